The van der Waals surface area contributed by atoms with E-state index in [0.717, 1.165) is 6.42 Å². The average Bonchev–Trinajstić information content (AvgIpc) is 2.54. The van der Waals surface area contributed by atoms with E-state index in [2.05, 4.69) is 10.8 Å². The average molecular weight is 182 g/mol. The molecule has 66 valence electrons. The van der Waals surface area contributed by atoms with Crippen molar-refractivity contribution < 1.29 is 0 Å². The molecule has 0 spiro atoms. The molecule has 2 nitrogen and oxygen atoms in total. The maximum atomic E-state index is 6.20. The Morgan fingerprint density at radius 2 is 2.33 bits per heavy atom. The molecular weight excluding hydrogens is 168 g/mol. The molecule has 0 saturated carbocycles. The van der Waals surface area contributed by atoms with Crippen LogP contribution in [0.3, 0.4) is 0 Å². The SMILES string of the molecule is NCC1(N)CCCc2cscc21. The third-order valence-electron chi connectivity index (χ3n) is 2.71. The van der Waals surface area contributed by atoms with Crippen LogP contribution in [0.5, 0.6) is 0 Å². The molecule has 12 heavy (non-hydrogen) atoms. The van der Waals surface area contributed by atoms with Gasteiger partial charge in [0.25, 0.3) is 0 Å². The van der Waals surface area contributed by atoms with Gasteiger partial charge in [-0.3, -0.25) is 0 Å². The molecule has 0 aliphatic heterocycles. The fraction of sp³-hybridized carbons (Fsp3) is 0.556. The zero-order valence-corrected chi connectivity index (χ0v) is 7.86. The Bertz CT molecular complexity index is 282. The number of aryl methyl sites for hydroxylation is 1. The molecular formula is C9H14N2S. The summed E-state index contributed by atoms with van der Waals surface area (Å²) < 4.78 is 0. The first-order chi connectivity index (χ1) is 5.76. The predicted octanol–water partition coefficient (Wildman–Crippen LogP) is 1.20. The van der Waals surface area contributed by atoms with Gasteiger partial charge in [0.05, 0.1) is 5.54 Å². The smallest absolute Gasteiger partial charge is 0.0544 e. The van der Waals surface area contributed by atoms with E-state index in [-0.39, 0.29) is 5.54 Å². The van der Waals surface area contributed by atoms with E-state index < -0.39 is 0 Å². The minimum absolute atomic E-state index is 0.229. The topological polar surface area (TPSA) is 52.0 Å². The van der Waals surface area contributed by atoms with Crippen molar-refractivity contribution in [2.45, 2.75) is 24.8 Å². The minimum Gasteiger partial charge on any atom is -0.328 e. The summed E-state index contributed by atoms with van der Waals surface area (Å²) in [5.41, 5.74) is 14.4. The Hall–Kier alpha value is -0.380. The zero-order valence-electron chi connectivity index (χ0n) is 7.05. The molecule has 1 aliphatic carbocycles. The van der Waals surface area contributed by atoms with Gasteiger partial charge in [-0.25, -0.2) is 0 Å². The van der Waals surface area contributed by atoms with Crippen LogP contribution < -0.4 is 11.5 Å². The third-order valence-corrected chi connectivity index (χ3v) is 3.50. The van der Waals surface area contributed by atoms with Crippen molar-refractivity contribution in [2.24, 2.45) is 11.5 Å². The second-order valence-electron chi connectivity index (χ2n) is 3.52. The van der Waals surface area contributed by atoms with Crippen LogP contribution in [0.4, 0.5) is 0 Å². The molecule has 0 bridgehead atoms. The summed E-state index contributed by atoms with van der Waals surface area (Å²) in [5.74, 6) is 0. The Labute approximate surface area is 76.6 Å². The molecule has 1 heterocycles. The van der Waals surface area contributed by atoms with Gasteiger partial charge in [0.1, 0.15) is 0 Å². The number of hydrogen-bond donors (Lipinski definition) is 2. The zero-order chi connectivity index (χ0) is 8.60. The van der Waals surface area contributed by atoms with E-state index in [1.807, 2.05) is 0 Å². The van der Waals surface area contributed by atoms with Crippen molar-refractivity contribution in [1.29, 1.82) is 0 Å². The van der Waals surface area contributed by atoms with Crippen molar-refractivity contribution in [1.82, 2.24) is 0 Å². The lowest BCUT2D eigenvalue weighted by Crippen LogP contribution is -2.45. The maximum Gasteiger partial charge on any atom is 0.0544 e. The molecule has 1 aliphatic rings. The van der Waals surface area contributed by atoms with Crippen molar-refractivity contribution in [2.75, 3.05) is 6.54 Å². The van der Waals surface area contributed by atoms with Gasteiger partial charge in [-0.05, 0) is 41.1 Å². The van der Waals surface area contributed by atoms with Gasteiger partial charge in [-0.1, -0.05) is 0 Å². The highest BCUT2D eigenvalue weighted by atomic mass is 32.1. The number of fused-ring (bicyclic) bond motifs is 1. The van der Waals surface area contributed by atoms with Gasteiger partial charge < -0.3 is 11.5 Å². The normalized spacial score (nSPS) is 28.5. The Kier molecular flexibility index (Phi) is 1.94. The second-order valence-corrected chi connectivity index (χ2v) is 4.27. The van der Waals surface area contributed by atoms with E-state index >= 15 is 0 Å². The van der Waals surface area contributed by atoms with E-state index in [4.69, 9.17) is 11.5 Å². The summed E-state index contributed by atoms with van der Waals surface area (Å²) >= 11 is 1.74. The number of hydrogen-bond acceptors (Lipinski definition) is 3. The van der Waals surface area contributed by atoms with E-state index in [1.54, 1.807) is 11.3 Å². The van der Waals surface area contributed by atoms with Gasteiger partial charge >= 0.3 is 0 Å². The van der Waals surface area contributed by atoms with Crippen LogP contribution in [0.25, 0.3) is 0 Å². The second kappa shape index (κ2) is 2.83. The van der Waals surface area contributed by atoms with Crippen molar-refractivity contribution in [3.05, 3.63) is 21.9 Å². The van der Waals surface area contributed by atoms with Crippen molar-refractivity contribution in [3.8, 4) is 0 Å². The summed E-state index contributed by atoms with van der Waals surface area (Å²) in [6.45, 7) is 0.566. The lowest BCUT2D eigenvalue weighted by Gasteiger charge is -2.32. The fourth-order valence-corrected chi connectivity index (χ4v) is 2.89. The van der Waals surface area contributed by atoms with Crippen molar-refractivity contribution in [3.63, 3.8) is 0 Å². The van der Waals surface area contributed by atoms with Crippen LogP contribution in [0, 0.1) is 0 Å². The molecule has 1 atom stereocenters. The number of nitrogens with two attached hydrogens (primary N) is 2. The predicted molar refractivity (Wildman–Crippen MR) is 52.2 cm³/mol. The highest BCUT2D eigenvalue weighted by molar-refractivity contribution is 7.08. The molecule has 0 fully saturated rings. The highest BCUT2D eigenvalue weighted by Crippen LogP contribution is 2.34. The summed E-state index contributed by atoms with van der Waals surface area (Å²) in [6, 6.07) is 0. The third kappa shape index (κ3) is 1.09. The standard InChI is InChI=1S/C9H14N2S/c10-6-9(11)3-1-2-7-4-12-5-8(7)9/h4-5H,1-3,6,10-11H2. The molecule has 2 rings (SSSR count). The summed E-state index contributed by atoms with van der Waals surface area (Å²) in [6.07, 6.45) is 3.39. The Morgan fingerprint density at radius 3 is 3.08 bits per heavy atom. The van der Waals surface area contributed by atoms with Crippen LogP contribution in [0.15, 0.2) is 10.8 Å². The summed E-state index contributed by atoms with van der Waals surface area (Å²) in [7, 11) is 0. The van der Waals surface area contributed by atoms with Crippen LogP contribution in [-0.4, -0.2) is 6.54 Å². The van der Waals surface area contributed by atoms with Crippen molar-refractivity contribution >= 4 is 11.3 Å². The van der Waals surface area contributed by atoms with Crippen LogP contribution >= 0.6 is 11.3 Å². The van der Waals surface area contributed by atoms with E-state index in [9.17, 15) is 0 Å². The lowest BCUT2D eigenvalue weighted by atomic mass is 9.79. The number of thiophene rings is 1. The minimum atomic E-state index is -0.229. The number of rotatable bonds is 1. The molecule has 1 aromatic rings. The van der Waals surface area contributed by atoms with E-state index in [1.165, 1.54) is 24.0 Å². The first kappa shape index (κ1) is 8.23. The van der Waals surface area contributed by atoms with Gasteiger partial charge in [0.15, 0.2) is 0 Å². The van der Waals surface area contributed by atoms with Gasteiger partial charge in [0, 0.05) is 6.54 Å². The van der Waals surface area contributed by atoms with Crippen LogP contribution in [0.1, 0.15) is 24.0 Å². The molecule has 3 heteroatoms. The van der Waals surface area contributed by atoms with Gasteiger partial charge in [-0.2, -0.15) is 11.3 Å². The Morgan fingerprint density at radius 1 is 1.50 bits per heavy atom. The summed E-state index contributed by atoms with van der Waals surface area (Å²) in [5, 5.41) is 4.35. The van der Waals surface area contributed by atoms with Gasteiger partial charge in [-0.15, -0.1) is 0 Å². The monoisotopic (exact) mass is 182 g/mol. The van der Waals surface area contributed by atoms with Crippen LogP contribution in [-0.2, 0) is 12.0 Å². The fourth-order valence-electron chi connectivity index (χ4n) is 1.90. The highest BCUT2D eigenvalue weighted by Gasteiger charge is 2.31. The molecule has 0 saturated heterocycles. The molecule has 1 aromatic heterocycles. The Balaban J connectivity index is 2.44. The molecule has 4 N–H and O–H groups in total. The largest absolute Gasteiger partial charge is 0.328 e. The lowest BCUT2D eigenvalue weighted by molar-refractivity contribution is 0.384. The molecule has 0 aromatic carbocycles. The first-order valence-corrected chi connectivity index (χ1v) is 5.25. The quantitative estimate of drug-likeness (QED) is 0.685. The maximum absolute atomic E-state index is 6.20. The summed E-state index contributed by atoms with van der Waals surface area (Å²) in [4.78, 5) is 0. The van der Waals surface area contributed by atoms with Gasteiger partial charge in [0.2, 0.25) is 0 Å². The molecule has 0 radical (unpaired) electrons. The molecule has 1 unspecified atom stereocenters. The first-order valence-electron chi connectivity index (χ1n) is 4.31. The van der Waals surface area contributed by atoms with E-state index in [0.29, 0.717) is 6.54 Å². The molecule has 0 amide bonds. The van der Waals surface area contributed by atoms with Crippen LogP contribution in [0.2, 0.25) is 0 Å².